The number of pyridine rings is 1. The van der Waals surface area contributed by atoms with Gasteiger partial charge in [0.2, 0.25) is 0 Å². The number of rotatable bonds is 5. The first-order valence-electron chi connectivity index (χ1n) is 8.89. The molecule has 9 heteroatoms. The van der Waals surface area contributed by atoms with Crippen LogP contribution < -0.4 is 10.6 Å². The summed E-state index contributed by atoms with van der Waals surface area (Å²) in [5, 5.41) is 7.56. The fourth-order valence-corrected chi connectivity index (χ4v) is 2.84. The molecule has 3 rings (SSSR count). The molecule has 29 heavy (non-hydrogen) atoms. The summed E-state index contributed by atoms with van der Waals surface area (Å²) in [6.07, 6.45) is -0.303. The molecule has 2 aromatic rings. The Morgan fingerprint density at radius 2 is 1.86 bits per heavy atom. The number of hydrogen-bond donors (Lipinski definition) is 2. The number of morpholine rings is 1. The Balaban J connectivity index is 1.81. The number of nitrogens with one attached hydrogen (secondary N) is 1. The monoisotopic (exact) mass is 403 g/mol. The van der Waals surface area contributed by atoms with Crippen molar-refractivity contribution in [3.05, 3.63) is 59.8 Å². The van der Waals surface area contributed by atoms with Gasteiger partial charge >= 0.3 is 6.18 Å². The van der Waals surface area contributed by atoms with Crippen molar-refractivity contribution in [2.45, 2.75) is 6.18 Å². The highest BCUT2D eigenvalue weighted by Crippen LogP contribution is 2.30. The van der Waals surface area contributed by atoms with Crippen LogP contribution in [0.2, 0.25) is 0 Å². The highest BCUT2D eigenvalue weighted by Gasteiger charge is 2.30. The van der Waals surface area contributed by atoms with Crippen LogP contribution in [0.15, 0.2) is 53.7 Å². The Kier molecular flexibility index (Phi) is 6.28. The van der Waals surface area contributed by atoms with Crippen LogP contribution in [0.25, 0.3) is 5.57 Å². The smallest absolute Gasteiger partial charge is 0.384 e. The third-order valence-corrected chi connectivity index (χ3v) is 4.33. The molecule has 1 aliphatic rings. The van der Waals surface area contributed by atoms with E-state index in [0.29, 0.717) is 30.0 Å². The van der Waals surface area contributed by atoms with Crippen molar-refractivity contribution < 1.29 is 17.9 Å². The summed E-state index contributed by atoms with van der Waals surface area (Å²) in [5.74, 6) is 0.892. The van der Waals surface area contributed by atoms with Gasteiger partial charge in [-0.3, -0.25) is 0 Å². The van der Waals surface area contributed by atoms with Crippen LogP contribution in [0.4, 0.5) is 24.7 Å². The molecule has 1 aliphatic heterocycles. The minimum atomic E-state index is -4.41. The zero-order valence-electron chi connectivity index (χ0n) is 15.5. The first-order chi connectivity index (χ1) is 13.9. The van der Waals surface area contributed by atoms with Gasteiger partial charge < -0.3 is 20.8 Å². The van der Waals surface area contributed by atoms with Gasteiger partial charge in [-0.05, 0) is 29.8 Å². The summed E-state index contributed by atoms with van der Waals surface area (Å²) in [6, 6.07) is 8.04. The number of allylic oxidation sites excluding steroid dienone is 1. The van der Waals surface area contributed by atoms with E-state index < -0.39 is 11.7 Å². The van der Waals surface area contributed by atoms with Gasteiger partial charge in [0.1, 0.15) is 11.7 Å². The molecule has 3 N–H and O–H groups in total. The van der Waals surface area contributed by atoms with Gasteiger partial charge in [-0.2, -0.15) is 13.2 Å². The molecular weight excluding hydrogens is 383 g/mol. The number of hydrogen-bond acceptors (Lipinski definition) is 5. The molecule has 0 aliphatic carbocycles. The Morgan fingerprint density at radius 1 is 1.17 bits per heavy atom. The van der Waals surface area contributed by atoms with Crippen molar-refractivity contribution in [3.8, 4) is 0 Å². The van der Waals surface area contributed by atoms with E-state index in [9.17, 15) is 13.2 Å². The lowest BCUT2D eigenvalue weighted by Gasteiger charge is -2.27. The zero-order chi connectivity index (χ0) is 20.9. The molecule has 1 saturated heterocycles. The third-order valence-electron chi connectivity index (χ3n) is 4.33. The lowest BCUT2D eigenvalue weighted by atomic mass is 10.0. The largest absolute Gasteiger partial charge is 0.416 e. The van der Waals surface area contributed by atoms with E-state index in [0.717, 1.165) is 37.3 Å². The summed E-state index contributed by atoms with van der Waals surface area (Å²) in [7, 11) is 0. The first kappa shape index (κ1) is 20.5. The minimum absolute atomic E-state index is 0.127. The Labute approximate surface area is 166 Å². The summed E-state index contributed by atoms with van der Waals surface area (Å²) in [6.45, 7) is 2.74. The molecular formula is C20H20F3N5O. The normalized spacial score (nSPS) is 16.0. The molecule has 0 unspecified atom stereocenters. The number of nitrogens with two attached hydrogens (primary N) is 1. The van der Waals surface area contributed by atoms with E-state index in [-0.39, 0.29) is 5.84 Å². The zero-order valence-corrected chi connectivity index (χ0v) is 15.5. The van der Waals surface area contributed by atoms with Crippen molar-refractivity contribution in [1.82, 2.24) is 4.98 Å². The minimum Gasteiger partial charge on any atom is -0.384 e. The van der Waals surface area contributed by atoms with Crippen molar-refractivity contribution in [2.24, 2.45) is 10.7 Å². The molecule has 0 amide bonds. The number of aliphatic imine (C=N–C) groups is 1. The van der Waals surface area contributed by atoms with E-state index in [1.54, 1.807) is 18.3 Å². The number of amidine groups is 1. The second-order valence-electron chi connectivity index (χ2n) is 6.33. The lowest BCUT2D eigenvalue weighted by Crippen LogP contribution is -2.36. The van der Waals surface area contributed by atoms with Gasteiger partial charge in [0.15, 0.2) is 0 Å². The molecule has 2 heterocycles. The van der Waals surface area contributed by atoms with Crippen LogP contribution in [0, 0.1) is 5.41 Å². The van der Waals surface area contributed by atoms with Crippen molar-refractivity contribution in [3.63, 3.8) is 0 Å². The molecule has 0 bridgehead atoms. The SMILES string of the molecule is N=C/C(=C\C(N)=Nc1ccnc(N2CCOCC2)c1)c1ccc(C(F)(F)F)cc1. The molecule has 0 radical (unpaired) electrons. The number of benzene rings is 1. The quantitative estimate of drug-likeness (QED) is 0.589. The molecule has 1 aromatic carbocycles. The van der Waals surface area contributed by atoms with E-state index in [1.807, 2.05) is 0 Å². The van der Waals surface area contributed by atoms with Crippen molar-refractivity contribution >= 4 is 29.1 Å². The lowest BCUT2D eigenvalue weighted by molar-refractivity contribution is -0.137. The van der Waals surface area contributed by atoms with Crippen LogP contribution in [0.1, 0.15) is 11.1 Å². The molecule has 1 aromatic heterocycles. The van der Waals surface area contributed by atoms with Gasteiger partial charge in [-0.1, -0.05) is 12.1 Å². The maximum Gasteiger partial charge on any atom is 0.416 e. The van der Waals surface area contributed by atoms with Crippen LogP contribution >= 0.6 is 0 Å². The van der Waals surface area contributed by atoms with Gasteiger partial charge in [0, 0.05) is 37.1 Å². The van der Waals surface area contributed by atoms with Crippen LogP contribution in [0.3, 0.4) is 0 Å². The average molecular weight is 403 g/mol. The highest BCUT2D eigenvalue weighted by molar-refractivity contribution is 6.16. The molecule has 1 fully saturated rings. The predicted octanol–water partition coefficient (Wildman–Crippen LogP) is 3.66. The summed E-state index contributed by atoms with van der Waals surface area (Å²) >= 11 is 0. The Morgan fingerprint density at radius 3 is 2.48 bits per heavy atom. The first-order valence-corrected chi connectivity index (χ1v) is 8.89. The molecule has 0 spiro atoms. The predicted molar refractivity (Wildman–Crippen MR) is 107 cm³/mol. The van der Waals surface area contributed by atoms with Crippen LogP contribution in [-0.2, 0) is 10.9 Å². The molecule has 0 saturated carbocycles. The number of alkyl halides is 3. The molecule has 0 atom stereocenters. The van der Waals surface area contributed by atoms with Crippen LogP contribution in [-0.4, -0.2) is 43.3 Å². The summed E-state index contributed by atoms with van der Waals surface area (Å²) in [5.41, 5.74) is 6.61. The number of anilines is 1. The summed E-state index contributed by atoms with van der Waals surface area (Å²) < 4.78 is 43.5. The fraction of sp³-hybridized carbons (Fsp3) is 0.250. The van der Waals surface area contributed by atoms with Crippen molar-refractivity contribution in [2.75, 3.05) is 31.2 Å². The average Bonchev–Trinajstić information content (AvgIpc) is 2.72. The van der Waals surface area contributed by atoms with E-state index in [2.05, 4.69) is 14.9 Å². The summed E-state index contributed by atoms with van der Waals surface area (Å²) in [4.78, 5) is 10.7. The van der Waals surface area contributed by atoms with Crippen LogP contribution in [0.5, 0.6) is 0 Å². The van der Waals surface area contributed by atoms with Gasteiger partial charge in [0.05, 0.1) is 24.5 Å². The van der Waals surface area contributed by atoms with Gasteiger partial charge in [-0.15, -0.1) is 0 Å². The third kappa shape index (κ3) is 5.41. The maximum atomic E-state index is 12.7. The maximum absolute atomic E-state index is 12.7. The second kappa shape index (κ2) is 8.87. The number of halogens is 3. The van der Waals surface area contributed by atoms with Gasteiger partial charge in [-0.25, -0.2) is 9.98 Å². The van der Waals surface area contributed by atoms with E-state index in [1.165, 1.54) is 18.2 Å². The Hall–Kier alpha value is -3.20. The number of nitrogens with zero attached hydrogens (tertiary/aromatic N) is 3. The van der Waals surface area contributed by atoms with E-state index >= 15 is 0 Å². The Bertz CT molecular complexity index is 916. The second-order valence-corrected chi connectivity index (χ2v) is 6.33. The topological polar surface area (TPSA) is 87.6 Å². The fourth-order valence-electron chi connectivity index (χ4n) is 2.84. The number of ether oxygens (including phenoxy) is 1. The van der Waals surface area contributed by atoms with Crippen molar-refractivity contribution in [1.29, 1.82) is 5.41 Å². The van der Waals surface area contributed by atoms with E-state index in [4.69, 9.17) is 15.9 Å². The number of aromatic nitrogens is 1. The molecule has 152 valence electrons. The standard InChI is InChI=1S/C20H20F3N5O/c21-20(22,23)16-3-1-14(2-4-16)15(13-24)11-18(25)27-17-5-6-26-19(12-17)28-7-9-29-10-8-28/h1-6,11-13,24H,7-10H2,(H2,25,26,27)/b15-11+,24-13?. The highest BCUT2D eigenvalue weighted by atomic mass is 19.4. The molecule has 6 nitrogen and oxygen atoms in total. The van der Waals surface area contributed by atoms with Gasteiger partial charge in [0.25, 0.3) is 0 Å².